The second kappa shape index (κ2) is 5.25. The Labute approximate surface area is 126 Å². The van der Waals surface area contributed by atoms with Gasteiger partial charge in [-0.05, 0) is 26.7 Å². The van der Waals surface area contributed by atoms with Gasteiger partial charge in [-0.2, -0.15) is 0 Å². The van der Waals surface area contributed by atoms with Gasteiger partial charge in [-0.15, -0.1) is 0 Å². The van der Waals surface area contributed by atoms with Crippen LogP contribution in [0.25, 0.3) is 0 Å². The quantitative estimate of drug-likeness (QED) is 0.776. The summed E-state index contributed by atoms with van der Waals surface area (Å²) in [7, 11) is 0. The van der Waals surface area contributed by atoms with Crippen LogP contribution < -0.4 is 11.5 Å². The maximum atomic E-state index is 13.0. The van der Waals surface area contributed by atoms with Crippen LogP contribution in [0.1, 0.15) is 40.5 Å². The minimum absolute atomic E-state index is 0.0165. The second-order valence-corrected chi connectivity index (χ2v) is 7.12. The van der Waals surface area contributed by atoms with E-state index < -0.39 is 16.9 Å². The largest absolute Gasteiger partial charge is 0.377 e. The maximum Gasteiger partial charge on any atom is 0.244 e. The van der Waals surface area contributed by atoms with Crippen molar-refractivity contribution in [3.63, 3.8) is 0 Å². The molecule has 1 heterocycles. The van der Waals surface area contributed by atoms with Gasteiger partial charge in [-0.25, -0.2) is 0 Å². The highest BCUT2D eigenvalue weighted by molar-refractivity contribution is 5.92. The van der Waals surface area contributed by atoms with Crippen molar-refractivity contribution in [3.05, 3.63) is 0 Å². The molecule has 6 nitrogen and oxygen atoms in total. The Morgan fingerprint density at radius 3 is 2.52 bits per heavy atom. The van der Waals surface area contributed by atoms with Gasteiger partial charge in [0.25, 0.3) is 0 Å². The van der Waals surface area contributed by atoms with Crippen molar-refractivity contribution < 1.29 is 14.3 Å². The molecule has 1 saturated carbocycles. The van der Waals surface area contributed by atoms with Crippen LogP contribution >= 0.6 is 0 Å². The van der Waals surface area contributed by atoms with E-state index in [2.05, 4.69) is 0 Å². The molecule has 1 saturated heterocycles. The average Bonchev–Trinajstić information content (AvgIpc) is 2.42. The Bertz CT molecular complexity index is 449. The molecule has 3 atom stereocenters. The van der Waals surface area contributed by atoms with Crippen LogP contribution in [-0.2, 0) is 14.3 Å². The summed E-state index contributed by atoms with van der Waals surface area (Å²) in [6.45, 7) is 8.31. The van der Waals surface area contributed by atoms with Crippen molar-refractivity contribution in [2.45, 2.75) is 58.2 Å². The molecule has 0 spiro atoms. The number of carbonyl (C=O) groups is 2. The van der Waals surface area contributed by atoms with Crippen LogP contribution in [0.15, 0.2) is 0 Å². The normalized spacial score (nSPS) is 34.0. The fourth-order valence-electron chi connectivity index (χ4n) is 3.90. The van der Waals surface area contributed by atoms with E-state index in [0.29, 0.717) is 0 Å². The zero-order valence-corrected chi connectivity index (χ0v) is 13.4. The smallest absolute Gasteiger partial charge is 0.244 e. The average molecular weight is 297 g/mol. The van der Waals surface area contributed by atoms with Crippen LogP contribution in [0, 0.1) is 11.3 Å². The molecular weight excluding hydrogens is 270 g/mol. The van der Waals surface area contributed by atoms with Gasteiger partial charge in [0.1, 0.15) is 5.54 Å². The van der Waals surface area contributed by atoms with Crippen LogP contribution in [0.3, 0.4) is 0 Å². The van der Waals surface area contributed by atoms with E-state index >= 15 is 0 Å². The number of amides is 2. The Morgan fingerprint density at radius 1 is 1.38 bits per heavy atom. The van der Waals surface area contributed by atoms with Crippen molar-refractivity contribution in [1.29, 1.82) is 0 Å². The van der Waals surface area contributed by atoms with E-state index in [1.807, 2.05) is 27.7 Å². The lowest BCUT2D eigenvalue weighted by molar-refractivity contribution is -0.230. The summed E-state index contributed by atoms with van der Waals surface area (Å²) in [6, 6.07) is -0.121. The predicted molar refractivity (Wildman–Crippen MR) is 79.2 cm³/mol. The maximum absolute atomic E-state index is 13.0. The first-order valence-corrected chi connectivity index (χ1v) is 7.64. The molecule has 4 N–H and O–H groups in total. The molecule has 21 heavy (non-hydrogen) atoms. The van der Waals surface area contributed by atoms with Gasteiger partial charge in [0.2, 0.25) is 11.8 Å². The van der Waals surface area contributed by atoms with Crippen molar-refractivity contribution >= 4 is 11.8 Å². The fourth-order valence-corrected chi connectivity index (χ4v) is 3.90. The molecule has 3 unspecified atom stereocenters. The van der Waals surface area contributed by atoms with Crippen molar-refractivity contribution in [2.75, 3.05) is 13.2 Å². The van der Waals surface area contributed by atoms with Crippen molar-refractivity contribution in [3.8, 4) is 0 Å². The highest BCUT2D eigenvalue weighted by Crippen LogP contribution is 2.58. The van der Waals surface area contributed by atoms with Gasteiger partial charge in [0.05, 0.1) is 12.6 Å². The summed E-state index contributed by atoms with van der Waals surface area (Å²) >= 11 is 0. The Hall–Kier alpha value is -1.14. The lowest BCUT2D eigenvalue weighted by Crippen LogP contribution is -2.82. The summed E-state index contributed by atoms with van der Waals surface area (Å²) in [4.78, 5) is 25.8. The second-order valence-electron chi connectivity index (χ2n) is 7.12. The van der Waals surface area contributed by atoms with E-state index in [9.17, 15) is 9.59 Å². The molecule has 2 fully saturated rings. The molecule has 0 aromatic carbocycles. The molecular formula is C15H27N3O3. The monoisotopic (exact) mass is 297 g/mol. The summed E-state index contributed by atoms with van der Waals surface area (Å²) in [5.41, 5.74) is 10.4. The van der Waals surface area contributed by atoms with Gasteiger partial charge in [0.15, 0.2) is 0 Å². The number of primary amides is 1. The number of rotatable bonds is 4. The van der Waals surface area contributed by atoms with Gasteiger partial charge in [0, 0.05) is 24.0 Å². The first-order chi connectivity index (χ1) is 9.64. The third-order valence-electron chi connectivity index (χ3n) is 5.25. The fraction of sp³-hybridized carbons (Fsp3) is 0.867. The van der Waals surface area contributed by atoms with Crippen LogP contribution in [0.4, 0.5) is 0 Å². The number of hydrogen-bond donors (Lipinski definition) is 2. The van der Waals surface area contributed by atoms with Gasteiger partial charge < -0.3 is 21.1 Å². The lowest BCUT2D eigenvalue weighted by Gasteiger charge is -2.66. The molecule has 1 aliphatic heterocycles. The topological polar surface area (TPSA) is 98.7 Å². The van der Waals surface area contributed by atoms with Crippen LogP contribution in [0.5, 0.6) is 0 Å². The molecule has 2 rings (SSSR count). The summed E-state index contributed by atoms with van der Waals surface area (Å²) in [5, 5.41) is 0. The highest BCUT2D eigenvalue weighted by atomic mass is 16.5. The number of hydrogen-bond acceptors (Lipinski definition) is 4. The first kappa shape index (κ1) is 16.2. The minimum Gasteiger partial charge on any atom is -0.377 e. The Kier molecular flexibility index (Phi) is 4.06. The Morgan fingerprint density at radius 2 is 2.00 bits per heavy atom. The number of ether oxygens (including phenoxy) is 1. The molecule has 0 aromatic heterocycles. The predicted octanol–water partition coefficient (Wildman–Crippen LogP) is 0.241. The molecule has 1 aliphatic carbocycles. The van der Waals surface area contributed by atoms with E-state index in [0.717, 1.165) is 19.4 Å². The van der Waals surface area contributed by atoms with E-state index in [-0.39, 0.29) is 30.5 Å². The van der Waals surface area contributed by atoms with Gasteiger partial charge in [-0.3, -0.25) is 9.59 Å². The van der Waals surface area contributed by atoms with Gasteiger partial charge in [-0.1, -0.05) is 13.8 Å². The Balaban J connectivity index is 2.29. The van der Waals surface area contributed by atoms with Crippen LogP contribution in [0.2, 0.25) is 0 Å². The van der Waals surface area contributed by atoms with E-state index in [4.69, 9.17) is 16.2 Å². The van der Waals surface area contributed by atoms with Gasteiger partial charge >= 0.3 is 0 Å². The lowest BCUT2D eigenvalue weighted by atomic mass is 9.46. The molecule has 0 bridgehead atoms. The van der Waals surface area contributed by atoms with E-state index in [1.165, 1.54) is 4.90 Å². The molecule has 120 valence electrons. The summed E-state index contributed by atoms with van der Waals surface area (Å²) < 4.78 is 5.82. The third kappa shape index (κ3) is 2.25. The van der Waals surface area contributed by atoms with E-state index in [1.54, 1.807) is 0 Å². The molecule has 0 radical (unpaired) electrons. The molecule has 6 heteroatoms. The molecule has 2 aliphatic rings. The zero-order valence-electron chi connectivity index (χ0n) is 13.4. The summed E-state index contributed by atoms with van der Waals surface area (Å²) in [5.74, 6) is -0.690. The number of carbonyl (C=O) groups excluding carboxylic acids is 2. The van der Waals surface area contributed by atoms with Crippen LogP contribution in [-0.4, -0.2) is 47.6 Å². The number of nitrogens with zero attached hydrogens (tertiary/aromatic N) is 1. The third-order valence-corrected chi connectivity index (χ3v) is 5.25. The number of nitrogens with two attached hydrogens (primary N) is 2. The zero-order chi connectivity index (χ0) is 16.0. The number of fused-ring (bicyclic) bond motifs is 1. The molecule has 0 aromatic rings. The summed E-state index contributed by atoms with van der Waals surface area (Å²) in [6.07, 6.45) is 1.82. The van der Waals surface area contributed by atoms with Crippen molar-refractivity contribution in [1.82, 2.24) is 4.90 Å². The molecule has 2 amide bonds. The SMILES string of the molecule is CC(C)N(CC(N)=O)C(=O)C1(N)C2CCCOC2C1(C)C. The highest BCUT2D eigenvalue weighted by Gasteiger charge is 2.71. The van der Waals surface area contributed by atoms with Crippen molar-refractivity contribution in [2.24, 2.45) is 22.8 Å². The first-order valence-electron chi connectivity index (χ1n) is 7.64. The standard InChI is InChI=1S/C15H27N3O3/c1-9(2)18(8-11(16)19)13(20)15(17)10-6-5-7-21-12(10)14(15,3)4/h9-10,12H,5-8,17H2,1-4H3,(H2,16,19). The minimum atomic E-state index is -0.988.